The number of nitrogens with zero attached hydrogens (tertiary/aromatic N) is 2. The molecule has 2 rings (SSSR count). The Hall–Kier alpha value is -1.86. The molecular weight excluding hydrogens is 226 g/mol. The maximum atomic E-state index is 11.7. The number of rotatable bonds is 3. The largest absolute Gasteiger partial charge is 0.353 e. The van der Waals surface area contributed by atoms with Gasteiger partial charge in [-0.3, -0.25) is 9.69 Å². The fraction of sp³-hybridized carbons (Fsp3) is 0.429. The molecule has 1 saturated heterocycles. The van der Waals surface area contributed by atoms with Gasteiger partial charge in [-0.25, -0.2) is 0 Å². The van der Waals surface area contributed by atoms with Gasteiger partial charge in [0.05, 0.1) is 17.7 Å². The Labute approximate surface area is 107 Å². The van der Waals surface area contributed by atoms with E-state index in [2.05, 4.69) is 16.3 Å². The fourth-order valence-corrected chi connectivity index (χ4v) is 2.31. The van der Waals surface area contributed by atoms with E-state index >= 15 is 0 Å². The van der Waals surface area contributed by atoms with E-state index in [1.807, 2.05) is 31.2 Å². The van der Waals surface area contributed by atoms with E-state index in [1.165, 1.54) is 0 Å². The highest BCUT2D eigenvalue weighted by Gasteiger charge is 2.27. The zero-order valence-electron chi connectivity index (χ0n) is 10.5. The SMILES string of the molecule is CCC1C(=O)NCCN1Cc1ccc(C#N)cc1. The average molecular weight is 243 g/mol. The summed E-state index contributed by atoms with van der Waals surface area (Å²) < 4.78 is 0. The number of benzene rings is 1. The van der Waals surface area contributed by atoms with Gasteiger partial charge in [-0.1, -0.05) is 19.1 Å². The van der Waals surface area contributed by atoms with Crippen molar-refractivity contribution in [1.82, 2.24) is 10.2 Å². The van der Waals surface area contributed by atoms with Crippen molar-refractivity contribution in [2.45, 2.75) is 25.9 Å². The molecule has 1 atom stereocenters. The molecule has 1 aliphatic rings. The van der Waals surface area contributed by atoms with E-state index in [1.54, 1.807) is 0 Å². The van der Waals surface area contributed by atoms with Crippen LogP contribution in [-0.2, 0) is 11.3 Å². The van der Waals surface area contributed by atoms with Gasteiger partial charge < -0.3 is 5.32 Å². The van der Waals surface area contributed by atoms with Crippen molar-refractivity contribution in [3.8, 4) is 6.07 Å². The Kier molecular flexibility index (Phi) is 3.96. The quantitative estimate of drug-likeness (QED) is 0.869. The van der Waals surface area contributed by atoms with Gasteiger partial charge in [-0.2, -0.15) is 5.26 Å². The summed E-state index contributed by atoms with van der Waals surface area (Å²) in [5.41, 5.74) is 1.81. The first-order valence-electron chi connectivity index (χ1n) is 6.25. The molecule has 0 bridgehead atoms. The first-order chi connectivity index (χ1) is 8.74. The highest BCUT2D eigenvalue weighted by Crippen LogP contribution is 2.14. The van der Waals surface area contributed by atoms with Crippen molar-refractivity contribution < 1.29 is 4.79 Å². The van der Waals surface area contributed by atoms with E-state index in [4.69, 9.17) is 5.26 Å². The second kappa shape index (κ2) is 5.65. The van der Waals surface area contributed by atoms with E-state index in [0.29, 0.717) is 12.1 Å². The molecule has 1 aliphatic heterocycles. The van der Waals surface area contributed by atoms with Gasteiger partial charge in [0.2, 0.25) is 5.91 Å². The maximum absolute atomic E-state index is 11.7. The predicted octanol–water partition coefficient (Wildman–Crippen LogP) is 1.27. The number of nitriles is 1. The van der Waals surface area contributed by atoms with Crippen LogP contribution in [0.25, 0.3) is 0 Å². The monoisotopic (exact) mass is 243 g/mol. The van der Waals surface area contributed by atoms with Gasteiger partial charge in [0, 0.05) is 19.6 Å². The number of carbonyl (C=O) groups is 1. The summed E-state index contributed by atoms with van der Waals surface area (Å²) >= 11 is 0. The van der Waals surface area contributed by atoms with Crippen molar-refractivity contribution >= 4 is 5.91 Å². The van der Waals surface area contributed by atoms with E-state index in [9.17, 15) is 4.79 Å². The van der Waals surface area contributed by atoms with Crippen LogP contribution in [0.15, 0.2) is 24.3 Å². The van der Waals surface area contributed by atoms with Crippen LogP contribution in [0.2, 0.25) is 0 Å². The Bertz CT molecular complexity index is 461. The topological polar surface area (TPSA) is 56.1 Å². The number of hydrogen-bond acceptors (Lipinski definition) is 3. The minimum Gasteiger partial charge on any atom is -0.353 e. The molecule has 4 heteroatoms. The Morgan fingerprint density at radius 2 is 2.17 bits per heavy atom. The third kappa shape index (κ3) is 2.69. The number of hydrogen-bond donors (Lipinski definition) is 1. The van der Waals surface area contributed by atoms with E-state index < -0.39 is 0 Å². The molecule has 1 aromatic carbocycles. The lowest BCUT2D eigenvalue weighted by atomic mass is 10.1. The van der Waals surface area contributed by atoms with Crippen LogP contribution in [0.5, 0.6) is 0 Å². The van der Waals surface area contributed by atoms with Crippen LogP contribution in [0.1, 0.15) is 24.5 Å². The van der Waals surface area contributed by atoms with Crippen LogP contribution < -0.4 is 5.32 Å². The smallest absolute Gasteiger partial charge is 0.237 e. The summed E-state index contributed by atoms with van der Waals surface area (Å²) in [7, 11) is 0. The lowest BCUT2D eigenvalue weighted by Gasteiger charge is -2.34. The zero-order valence-corrected chi connectivity index (χ0v) is 10.5. The highest BCUT2D eigenvalue weighted by atomic mass is 16.2. The molecule has 0 aromatic heterocycles. The summed E-state index contributed by atoms with van der Waals surface area (Å²) in [5, 5.41) is 11.6. The van der Waals surface area contributed by atoms with E-state index in [0.717, 1.165) is 25.1 Å². The molecule has 18 heavy (non-hydrogen) atoms. The average Bonchev–Trinajstić information content (AvgIpc) is 2.40. The minimum absolute atomic E-state index is 0.0330. The molecule has 94 valence electrons. The molecule has 1 amide bonds. The van der Waals surface area contributed by atoms with Gasteiger partial charge in [0.1, 0.15) is 0 Å². The van der Waals surface area contributed by atoms with Crippen molar-refractivity contribution in [1.29, 1.82) is 5.26 Å². The number of piperazine rings is 1. The van der Waals surface area contributed by atoms with Crippen molar-refractivity contribution in [3.63, 3.8) is 0 Å². The molecule has 0 aliphatic carbocycles. The second-order valence-corrected chi connectivity index (χ2v) is 4.49. The third-order valence-electron chi connectivity index (χ3n) is 3.30. The summed E-state index contributed by atoms with van der Waals surface area (Å²) in [6, 6.07) is 9.63. The summed E-state index contributed by atoms with van der Waals surface area (Å²) in [5.74, 6) is 0.123. The normalized spacial score (nSPS) is 20.2. The molecule has 1 unspecified atom stereocenters. The van der Waals surface area contributed by atoms with Crippen LogP contribution >= 0.6 is 0 Å². The fourth-order valence-electron chi connectivity index (χ4n) is 2.31. The summed E-state index contributed by atoms with van der Waals surface area (Å²) in [6.07, 6.45) is 0.822. The zero-order chi connectivity index (χ0) is 13.0. The second-order valence-electron chi connectivity index (χ2n) is 4.49. The third-order valence-corrected chi connectivity index (χ3v) is 3.30. The minimum atomic E-state index is -0.0330. The van der Waals surface area contributed by atoms with E-state index in [-0.39, 0.29) is 11.9 Å². The van der Waals surface area contributed by atoms with Gasteiger partial charge in [-0.15, -0.1) is 0 Å². The molecule has 4 nitrogen and oxygen atoms in total. The van der Waals surface area contributed by atoms with Crippen LogP contribution in [0, 0.1) is 11.3 Å². The Morgan fingerprint density at radius 3 is 2.78 bits per heavy atom. The number of nitrogens with one attached hydrogen (secondary N) is 1. The first kappa shape index (κ1) is 12.6. The van der Waals surface area contributed by atoms with Crippen LogP contribution in [0.3, 0.4) is 0 Å². The van der Waals surface area contributed by atoms with Crippen molar-refractivity contribution in [3.05, 3.63) is 35.4 Å². The van der Waals surface area contributed by atoms with Gasteiger partial charge >= 0.3 is 0 Å². The lowest BCUT2D eigenvalue weighted by Crippen LogP contribution is -2.54. The standard InChI is InChI=1S/C14H17N3O/c1-2-13-14(18)16-7-8-17(13)10-12-5-3-11(9-15)4-6-12/h3-6,13H,2,7-8,10H2,1H3,(H,16,18). The molecule has 1 aromatic rings. The van der Waals surface area contributed by atoms with Crippen molar-refractivity contribution in [2.75, 3.05) is 13.1 Å². The predicted molar refractivity (Wildman–Crippen MR) is 68.7 cm³/mol. The molecule has 1 heterocycles. The van der Waals surface area contributed by atoms with Gasteiger partial charge in [0.25, 0.3) is 0 Å². The van der Waals surface area contributed by atoms with Crippen molar-refractivity contribution in [2.24, 2.45) is 0 Å². The number of amides is 1. The molecular formula is C14H17N3O. The molecule has 1 fully saturated rings. The summed E-state index contributed by atoms with van der Waals surface area (Å²) in [6.45, 7) is 4.38. The first-order valence-corrected chi connectivity index (χ1v) is 6.25. The molecule has 1 N–H and O–H groups in total. The van der Waals surface area contributed by atoms with Crippen LogP contribution in [-0.4, -0.2) is 29.9 Å². The summed E-state index contributed by atoms with van der Waals surface area (Å²) in [4.78, 5) is 13.9. The maximum Gasteiger partial charge on any atom is 0.237 e. The Morgan fingerprint density at radius 1 is 1.44 bits per heavy atom. The van der Waals surface area contributed by atoms with Crippen LogP contribution in [0.4, 0.5) is 0 Å². The molecule has 0 radical (unpaired) electrons. The Balaban J connectivity index is 2.07. The van der Waals surface area contributed by atoms with Gasteiger partial charge in [0.15, 0.2) is 0 Å². The highest BCUT2D eigenvalue weighted by molar-refractivity contribution is 5.82. The van der Waals surface area contributed by atoms with Gasteiger partial charge in [-0.05, 0) is 24.1 Å². The lowest BCUT2D eigenvalue weighted by molar-refractivity contribution is -0.129. The number of carbonyl (C=O) groups excluding carboxylic acids is 1. The molecule has 0 spiro atoms. The molecule has 0 saturated carbocycles.